The molecule has 2 aliphatic rings. The maximum atomic E-state index is 13.6. The summed E-state index contributed by atoms with van der Waals surface area (Å²) in [5.74, 6) is -1.85. The number of aryl methyl sites for hydroxylation is 1. The molecule has 0 radical (unpaired) electrons. The van der Waals surface area contributed by atoms with Crippen molar-refractivity contribution in [1.82, 2.24) is 35.8 Å². The van der Waals surface area contributed by atoms with E-state index in [-0.39, 0.29) is 35.5 Å². The van der Waals surface area contributed by atoms with Crippen LogP contribution in [0, 0.1) is 12.7 Å². The first-order valence-corrected chi connectivity index (χ1v) is 12.3. The van der Waals surface area contributed by atoms with Gasteiger partial charge >= 0.3 is 6.36 Å². The third kappa shape index (κ3) is 6.16. The van der Waals surface area contributed by atoms with Crippen LogP contribution in [0.2, 0.25) is 0 Å². The Hall–Kier alpha value is -4.62. The zero-order chi connectivity index (χ0) is 28.4. The number of allylic oxidation sites excluding steroid dienone is 2. The Morgan fingerprint density at radius 3 is 2.65 bits per heavy atom. The molecule has 1 aromatic carbocycles. The first kappa shape index (κ1) is 27.0. The standard InChI is InChI=1S/C26H23F4N7O3/c1-13-34-23(37-36-13)16-3-5-17-15(9-16)4-7-19(17)35-25(39)21-10-20(32-12-33-21)24(38)31-11-14-2-6-18(27)22(8-14)40-26(28,29)30/h2,5-6,8-10,12,16,19H,3-4,7,11H2,1H3,(H,31,38)(H,35,39)(H,34,36,37)/t16?,19-/m0/s1. The lowest BCUT2D eigenvalue weighted by Crippen LogP contribution is -2.35. The molecule has 40 heavy (non-hydrogen) atoms. The fourth-order valence-corrected chi connectivity index (χ4v) is 4.67. The predicted octanol–water partition coefficient (Wildman–Crippen LogP) is 3.80. The largest absolute Gasteiger partial charge is 0.573 e. The van der Waals surface area contributed by atoms with Crippen LogP contribution in [-0.4, -0.2) is 49.4 Å². The number of fused-ring (bicyclic) bond motifs is 1. The van der Waals surface area contributed by atoms with Gasteiger partial charge in [0, 0.05) is 18.5 Å². The van der Waals surface area contributed by atoms with E-state index >= 15 is 0 Å². The van der Waals surface area contributed by atoms with Gasteiger partial charge in [0.1, 0.15) is 23.5 Å². The first-order valence-electron chi connectivity index (χ1n) is 12.3. The molecule has 1 saturated carbocycles. The van der Waals surface area contributed by atoms with Crippen molar-refractivity contribution >= 4 is 11.8 Å². The molecule has 2 heterocycles. The summed E-state index contributed by atoms with van der Waals surface area (Å²) < 4.78 is 54.7. The van der Waals surface area contributed by atoms with Gasteiger partial charge in [-0.3, -0.25) is 14.7 Å². The van der Waals surface area contributed by atoms with E-state index in [1.54, 1.807) is 0 Å². The topological polar surface area (TPSA) is 135 Å². The molecule has 1 fully saturated rings. The van der Waals surface area contributed by atoms with Crippen LogP contribution in [0.4, 0.5) is 17.6 Å². The lowest BCUT2D eigenvalue weighted by atomic mass is 9.90. The first-order chi connectivity index (χ1) is 19.1. The molecule has 1 unspecified atom stereocenters. The van der Waals surface area contributed by atoms with Gasteiger partial charge in [0.15, 0.2) is 17.4 Å². The fraction of sp³-hybridized carbons (Fsp3) is 0.308. The van der Waals surface area contributed by atoms with E-state index in [0.717, 1.165) is 47.7 Å². The van der Waals surface area contributed by atoms with Crippen LogP contribution in [0.15, 0.2) is 53.9 Å². The highest BCUT2D eigenvalue weighted by molar-refractivity contribution is 5.97. The van der Waals surface area contributed by atoms with Crippen molar-refractivity contribution in [3.05, 3.63) is 88.3 Å². The highest BCUT2D eigenvalue weighted by Crippen LogP contribution is 2.38. The van der Waals surface area contributed by atoms with Crippen LogP contribution >= 0.6 is 0 Å². The summed E-state index contributed by atoms with van der Waals surface area (Å²) in [4.78, 5) is 37.8. The second kappa shape index (κ2) is 10.9. The molecule has 2 atom stereocenters. The van der Waals surface area contributed by atoms with Gasteiger partial charge in [-0.2, -0.15) is 5.10 Å². The number of carbonyl (C=O) groups excluding carboxylic acids is 2. The van der Waals surface area contributed by atoms with Crippen molar-refractivity contribution in [2.24, 2.45) is 0 Å². The van der Waals surface area contributed by atoms with E-state index in [9.17, 15) is 27.2 Å². The Labute approximate surface area is 225 Å². The number of hydrogen-bond acceptors (Lipinski definition) is 7. The SMILES string of the molecule is Cc1nc(C2C=C3CC[C@H](NC(=O)c4cc(C(=O)NCc5ccc(F)c(OC(F)(F)F)c5)ncn4)C3=CC2)n[nH]1. The minimum atomic E-state index is -5.07. The van der Waals surface area contributed by atoms with Crippen molar-refractivity contribution in [3.63, 3.8) is 0 Å². The summed E-state index contributed by atoms with van der Waals surface area (Å²) >= 11 is 0. The smallest absolute Gasteiger partial charge is 0.403 e. The number of amides is 2. The lowest BCUT2D eigenvalue weighted by Gasteiger charge is -2.20. The van der Waals surface area contributed by atoms with Gasteiger partial charge in [0.2, 0.25) is 0 Å². The Morgan fingerprint density at radius 2 is 1.93 bits per heavy atom. The van der Waals surface area contributed by atoms with Gasteiger partial charge < -0.3 is 15.4 Å². The average molecular weight is 558 g/mol. The molecule has 2 aliphatic carbocycles. The third-order valence-corrected chi connectivity index (χ3v) is 6.50. The van der Waals surface area contributed by atoms with Crippen molar-refractivity contribution in [1.29, 1.82) is 0 Å². The highest BCUT2D eigenvalue weighted by Gasteiger charge is 2.33. The van der Waals surface area contributed by atoms with Crippen LogP contribution < -0.4 is 15.4 Å². The molecule has 2 aromatic heterocycles. The maximum absolute atomic E-state index is 13.6. The molecule has 208 valence electrons. The van der Waals surface area contributed by atoms with E-state index in [1.165, 1.54) is 12.1 Å². The molecular weight excluding hydrogens is 534 g/mol. The zero-order valence-corrected chi connectivity index (χ0v) is 21.1. The Kier molecular flexibility index (Phi) is 7.32. The molecule has 3 aromatic rings. The summed E-state index contributed by atoms with van der Waals surface area (Å²) in [6.45, 7) is 1.61. The van der Waals surface area contributed by atoms with Crippen molar-refractivity contribution in [2.75, 3.05) is 0 Å². The van der Waals surface area contributed by atoms with Crippen LogP contribution in [0.3, 0.4) is 0 Å². The molecule has 0 aliphatic heterocycles. The summed E-state index contributed by atoms with van der Waals surface area (Å²) in [5.41, 5.74) is 2.19. The van der Waals surface area contributed by atoms with E-state index in [0.29, 0.717) is 12.8 Å². The Balaban J connectivity index is 1.20. The number of alkyl halides is 3. The number of nitrogens with zero attached hydrogens (tertiary/aromatic N) is 4. The van der Waals surface area contributed by atoms with E-state index < -0.39 is 29.7 Å². The summed E-state index contributed by atoms with van der Waals surface area (Å²) in [7, 11) is 0. The van der Waals surface area contributed by atoms with E-state index in [4.69, 9.17) is 0 Å². The predicted molar refractivity (Wildman–Crippen MR) is 131 cm³/mol. The van der Waals surface area contributed by atoms with Crippen LogP contribution in [0.1, 0.15) is 63.4 Å². The van der Waals surface area contributed by atoms with Crippen molar-refractivity contribution < 1.29 is 31.9 Å². The number of benzene rings is 1. The molecule has 0 saturated heterocycles. The number of ether oxygens (including phenoxy) is 1. The number of nitrogens with one attached hydrogen (secondary N) is 3. The molecule has 0 bridgehead atoms. The van der Waals surface area contributed by atoms with Crippen molar-refractivity contribution in [2.45, 2.75) is 51.1 Å². The molecule has 10 nitrogen and oxygen atoms in total. The van der Waals surface area contributed by atoms with E-state index in [2.05, 4.69) is 52.7 Å². The van der Waals surface area contributed by atoms with Crippen LogP contribution in [-0.2, 0) is 6.54 Å². The quantitative estimate of drug-likeness (QED) is 0.376. The Morgan fingerprint density at radius 1 is 1.15 bits per heavy atom. The van der Waals surface area contributed by atoms with Crippen molar-refractivity contribution in [3.8, 4) is 5.75 Å². The lowest BCUT2D eigenvalue weighted by molar-refractivity contribution is -0.275. The number of rotatable bonds is 7. The summed E-state index contributed by atoms with van der Waals surface area (Å²) in [6.07, 6.45) is 2.42. The normalized spacial score (nSPS) is 18.4. The zero-order valence-electron chi connectivity index (χ0n) is 21.1. The molecular formula is C26H23F4N7O3. The number of aromatic nitrogens is 5. The van der Waals surface area contributed by atoms with Gasteiger partial charge in [-0.1, -0.05) is 18.2 Å². The summed E-state index contributed by atoms with van der Waals surface area (Å²) in [5, 5.41) is 12.5. The molecule has 5 rings (SSSR count). The maximum Gasteiger partial charge on any atom is 0.573 e. The second-order valence-electron chi connectivity index (χ2n) is 9.32. The Bertz CT molecular complexity index is 1520. The molecule has 0 spiro atoms. The molecule has 2 amide bonds. The van der Waals surface area contributed by atoms with Gasteiger partial charge in [0.05, 0.1) is 6.04 Å². The van der Waals surface area contributed by atoms with Gasteiger partial charge in [-0.15, -0.1) is 13.2 Å². The minimum Gasteiger partial charge on any atom is -0.403 e. The van der Waals surface area contributed by atoms with Gasteiger partial charge in [-0.25, -0.2) is 19.3 Å². The number of hydrogen-bond donors (Lipinski definition) is 3. The minimum absolute atomic E-state index is 0.0225. The number of aromatic amines is 1. The van der Waals surface area contributed by atoms with E-state index in [1.807, 2.05) is 6.92 Å². The van der Waals surface area contributed by atoms with Gasteiger partial charge in [-0.05, 0) is 55.0 Å². The fourth-order valence-electron chi connectivity index (χ4n) is 4.67. The van der Waals surface area contributed by atoms with Crippen LogP contribution in [0.5, 0.6) is 5.75 Å². The molecule has 14 heteroatoms. The number of H-pyrrole nitrogens is 1. The second-order valence-corrected chi connectivity index (χ2v) is 9.32. The highest BCUT2D eigenvalue weighted by atomic mass is 19.4. The monoisotopic (exact) mass is 557 g/mol. The van der Waals surface area contributed by atoms with Crippen LogP contribution in [0.25, 0.3) is 0 Å². The summed E-state index contributed by atoms with van der Waals surface area (Å²) in [6, 6.07) is 3.84. The number of halogens is 4. The van der Waals surface area contributed by atoms with Gasteiger partial charge in [0.25, 0.3) is 11.8 Å². The third-order valence-electron chi connectivity index (χ3n) is 6.50. The number of carbonyl (C=O) groups is 2. The molecule has 3 N–H and O–H groups in total. The average Bonchev–Trinajstić information content (AvgIpc) is 3.54.